The number of rotatable bonds is 7. The lowest BCUT2D eigenvalue weighted by Gasteiger charge is -2.22. The van der Waals surface area contributed by atoms with Gasteiger partial charge in [0.25, 0.3) is 15.9 Å². The van der Waals surface area contributed by atoms with Gasteiger partial charge in [-0.25, -0.2) is 13.2 Å². The van der Waals surface area contributed by atoms with E-state index in [9.17, 15) is 18.0 Å². The molecular formula is C22H20N2O6S. The summed E-state index contributed by atoms with van der Waals surface area (Å²) < 4.78 is 32.2. The summed E-state index contributed by atoms with van der Waals surface area (Å²) in [5, 5.41) is 11.7. The second-order valence-corrected chi connectivity index (χ2v) is 8.47. The first-order valence-corrected chi connectivity index (χ1v) is 10.5. The Kier molecular flexibility index (Phi) is 6.26. The number of carbonyl (C=O) groups is 2. The predicted octanol–water partition coefficient (Wildman–Crippen LogP) is 3.47. The molecule has 31 heavy (non-hydrogen) atoms. The number of hydrogen-bond acceptors (Lipinski definition) is 5. The molecule has 2 N–H and O–H groups in total. The van der Waals surface area contributed by atoms with Crippen molar-refractivity contribution in [3.05, 3.63) is 83.9 Å². The number of aromatic carboxylic acids is 1. The van der Waals surface area contributed by atoms with Gasteiger partial charge >= 0.3 is 5.97 Å². The Morgan fingerprint density at radius 2 is 1.55 bits per heavy atom. The van der Waals surface area contributed by atoms with Crippen molar-refractivity contribution in [3.8, 4) is 5.75 Å². The molecule has 0 aliphatic rings. The van der Waals surface area contributed by atoms with E-state index in [1.807, 2.05) is 0 Å². The van der Waals surface area contributed by atoms with Crippen molar-refractivity contribution in [2.45, 2.75) is 4.90 Å². The Morgan fingerprint density at radius 3 is 2.13 bits per heavy atom. The number of benzene rings is 3. The topological polar surface area (TPSA) is 113 Å². The monoisotopic (exact) mass is 440 g/mol. The lowest BCUT2D eigenvalue weighted by Crippen LogP contribution is -2.29. The molecule has 0 heterocycles. The molecular weight excluding hydrogens is 420 g/mol. The third-order valence-electron chi connectivity index (χ3n) is 4.60. The van der Waals surface area contributed by atoms with Crippen molar-refractivity contribution in [3.63, 3.8) is 0 Å². The van der Waals surface area contributed by atoms with E-state index in [2.05, 4.69) is 5.32 Å². The number of carboxylic acid groups (broad SMARTS) is 1. The molecule has 9 heteroatoms. The smallest absolute Gasteiger partial charge is 0.335 e. The van der Waals surface area contributed by atoms with Gasteiger partial charge in [0.05, 0.1) is 28.8 Å². The first-order chi connectivity index (χ1) is 14.7. The predicted molar refractivity (Wildman–Crippen MR) is 116 cm³/mol. The minimum absolute atomic E-state index is 0.0270. The number of hydrogen-bond donors (Lipinski definition) is 2. The SMILES string of the molecule is COc1ccc(NC(=O)c2ccccc2N(C)S(=O)(=O)c2ccc(C(=O)O)cc2)cc1. The highest BCUT2D eigenvalue weighted by molar-refractivity contribution is 7.92. The highest BCUT2D eigenvalue weighted by atomic mass is 32.2. The van der Waals surface area contributed by atoms with Crippen LogP contribution in [0.3, 0.4) is 0 Å². The van der Waals surface area contributed by atoms with E-state index in [4.69, 9.17) is 9.84 Å². The number of nitrogens with zero attached hydrogens (tertiary/aromatic N) is 1. The number of sulfonamides is 1. The summed E-state index contributed by atoms with van der Waals surface area (Å²) in [5.74, 6) is -1.000. The molecule has 0 aromatic heterocycles. The zero-order valence-corrected chi connectivity index (χ0v) is 17.6. The Hall–Kier alpha value is -3.85. The molecule has 0 unspecified atom stereocenters. The van der Waals surface area contributed by atoms with Gasteiger partial charge in [-0.3, -0.25) is 9.10 Å². The lowest BCUT2D eigenvalue weighted by atomic mass is 10.1. The molecule has 0 fully saturated rings. The molecule has 3 aromatic carbocycles. The van der Waals surface area contributed by atoms with Gasteiger partial charge in [-0.05, 0) is 60.7 Å². The van der Waals surface area contributed by atoms with Gasteiger partial charge in [-0.1, -0.05) is 12.1 Å². The first kappa shape index (κ1) is 21.8. The van der Waals surface area contributed by atoms with Gasteiger partial charge in [0.1, 0.15) is 5.75 Å². The van der Waals surface area contributed by atoms with Gasteiger partial charge < -0.3 is 15.2 Å². The van der Waals surface area contributed by atoms with Crippen LogP contribution in [-0.2, 0) is 10.0 Å². The Morgan fingerprint density at radius 1 is 0.935 bits per heavy atom. The largest absolute Gasteiger partial charge is 0.497 e. The zero-order valence-electron chi connectivity index (χ0n) is 16.8. The van der Waals surface area contributed by atoms with Crippen LogP contribution in [0.5, 0.6) is 5.75 Å². The number of para-hydroxylation sites is 1. The summed E-state index contributed by atoms with van der Waals surface area (Å²) in [6, 6.07) is 17.9. The van der Waals surface area contributed by atoms with Crippen LogP contribution in [0.4, 0.5) is 11.4 Å². The molecule has 0 saturated carbocycles. The van der Waals surface area contributed by atoms with E-state index in [-0.39, 0.29) is 21.7 Å². The van der Waals surface area contributed by atoms with Crippen LogP contribution in [0.1, 0.15) is 20.7 Å². The number of carbonyl (C=O) groups excluding carboxylic acids is 1. The van der Waals surface area contributed by atoms with Gasteiger partial charge in [0.15, 0.2) is 0 Å². The van der Waals surface area contributed by atoms with Crippen molar-refractivity contribution in [2.75, 3.05) is 23.8 Å². The molecule has 0 saturated heterocycles. The van der Waals surface area contributed by atoms with E-state index in [1.54, 1.807) is 36.4 Å². The van der Waals surface area contributed by atoms with E-state index in [0.717, 1.165) is 4.31 Å². The molecule has 0 bridgehead atoms. The van der Waals surface area contributed by atoms with Gasteiger partial charge in [0, 0.05) is 12.7 Å². The average Bonchev–Trinajstić information content (AvgIpc) is 2.79. The molecule has 1 amide bonds. The Labute approximate surface area is 179 Å². The summed E-state index contributed by atoms with van der Waals surface area (Å²) in [6.45, 7) is 0. The van der Waals surface area contributed by atoms with Crippen molar-refractivity contribution in [1.82, 2.24) is 0 Å². The summed E-state index contributed by atoms with van der Waals surface area (Å²) in [5.41, 5.74) is 0.832. The number of methoxy groups -OCH3 is 1. The van der Waals surface area contributed by atoms with Crippen molar-refractivity contribution < 1.29 is 27.9 Å². The molecule has 0 aliphatic carbocycles. The number of carboxylic acids is 1. The summed E-state index contributed by atoms with van der Waals surface area (Å²) in [4.78, 5) is 23.8. The lowest BCUT2D eigenvalue weighted by molar-refractivity contribution is 0.0696. The Bertz CT molecular complexity index is 1210. The quantitative estimate of drug-likeness (QED) is 0.582. The summed E-state index contributed by atoms with van der Waals surface area (Å²) in [6.07, 6.45) is 0. The second kappa shape index (κ2) is 8.88. The zero-order chi connectivity index (χ0) is 22.6. The second-order valence-electron chi connectivity index (χ2n) is 6.50. The van der Waals surface area contributed by atoms with Crippen molar-refractivity contribution >= 4 is 33.3 Å². The average molecular weight is 440 g/mol. The maximum Gasteiger partial charge on any atom is 0.335 e. The van der Waals surface area contributed by atoms with Gasteiger partial charge in [-0.2, -0.15) is 0 Å². The molecule has 3 aromatic rings. The van der Waals surface area contributed by atoms with E-state index in [0.29, 0.717) is 11.4 Å². The van der Waals surface area contributed by atoms with Crippen LogP contribution in [0.2, 0.25) is 0 Å². The maximum atomic E-state index is 13.1. The fraction of sp³-hybridized carbons (Fsp3) is 0.0909. The highest BCUT2D eigenvalue weighted by Gasteiger charge is 2.25. The van der Waals surface area contributed by atoms with Gasteiger partial charge in [0.2, 0.25) is 0 Å². The first-order valence-electron chi connectivity index (χ1n) is 9.11. The number of nitrogens with one attached hydrogen (secondary N) is 1. The van der Waals surface area contributed by atoms with E-state index in [1.165, 1.54) is 50.6 Å². The van der Waals surface area contributed by atoms with Crippen LogP contribution in [0, 0.1) is 0 Å². The van der Waals surface area contributed by atoms with Gasteiger partial charge in [-0.15, -0.1) is 0 Å². The number of anilines is 2. The molecule has 160 valence electrons. The van der Waals surface area contributed by atoms with Crippen LogP contribution in [0.25, 0.3) is 0 Å². The fourth-order valence-corrected chi connectivity index (χ4v) is 4.08. The van der Waals surface area contributed by atoms with Crippen LogP contribution in [0.15, 0.2) is 77.7 Å². The van der Waals surface area contributed by atoms with Crippen molar-refractivity contribution in [2.24, 2.45) is 0 Å². The molecule has 0 atom stereocenters. The third-order valence-corrected chi connectivity index (χ3v) is 6.38. The van der Waals surface area contributed by atoms with Crippen LogP contribution < -0.4 is 14.4 Å². The van der Waals surface area contributed by atoms with Crippen LogP contribution >= 0.6 is 0 Å². The maximum absolute atomic E-state index is 13.1. The standard InChI is InChI=1S/C22H20N2O6S/c1-24(31(28,29)18-13-7-15(8-14-18)22(26)27)20-6-4-3-5-19(20)21(25)23-16-9-11-17(30-2)12-10-16/h3-14H,1-2H3,(H,23,25)(H,26,27). The molecule has 8 nitrogen and oxygen atoms in total. The van der Waals surface area contributed by atoms with Crippen molar-refractivity contribution in [1.29, 1.82) is 0 Å². The highest BCUT2D eigenvalue weighted by Crippen LogP contribution is 2.27. The number of ether oxygens (including phenoxy) is 1. The number of amides is 1. The third kappa shape index (κ3) is 4.67. The Balaban J connectivity index is 1.90. The summed E-state index contributed by atoms with van der Waals surface area (Å²) >= 11 is 0. The fourth-order valence-electron chi connectivity index (χ4n) is 2.87. The normalized spacial score (nSPS) is 10.9. The minimum atomic E-state index is -4.03. The van der Waals surface area contributed by atoms with Crippen LogP contribution in [-0.4, -0.2) is 39.6 Å². The molecule has 0 aliphatic heterocycles. The molecule has 0 spiro atoms. The molecule has 3 rings (SSSR count). The van der Waals surface area contributed by atoms with E-state index >= 15 is 0 Å². The van der Waals surface area contributed by atoms with E-state index < -0.39 is 21.9 Å². The minimum Gasteiger partial charge on any atom is -0.497 e. The summed E-state index contributed by atoms with van der Waals surface area (Å²) in [7, 11) is -1.16. The molecule has 0 radical (unpaired) electrons.